The second kappa shape index (κ2) is 6.54. The van der Waals surface area contributed by atoms with Crippen molar-refractivity contribution >= 4 is 21.9 Å². The number of nitrogen functional groups attached to an aromatic ring is 1. The van der Waals surface area contributed by atoms with Gasteiger partial charge in [-0.15, -0.1) is 0 Å². The molecule has 1 aromatic rings. The predicted octanol–water partition coefficient (Wildman–Crippen LogP) is 0.940. The largest absolute Gasteiger partial charge is 0.477 e. The summed E-state index contributed by atoms with van der Waals surface area (Å²) in [7, 11) is 1.65. The van der Waals surface area contributed by atoms with E-state index in [-0.39, 0.29) is 0 Å². The summed E-state index contributed by atoms with van der Waals surface area (Å²) in [6.07, 6.45) is 2.38. The van der Waals surface area contributed by atoms with Gasteiger partial charge in [0.15, 0.2) is 0 Å². The van der Waals surface area contributed by atoms with Gasteiger partial charge in [-0.1, -0.05) is 0 Å². The van der Waals surface area contributed by atoms with E-state index in [2.05, 4.69) is 31.3 Å². The zero-order valence-corrected chi connectivity index (χ0v) is 9.95. The Hall–Kier alpha value is -0.920. The lowest BCUT2D eigenvalue weighted by Gasteiger charge is -2.07. The molecule has 6 nitrogen and oxygen atoms in total. The van der Waals surface area contributed by atoms with Crippen LogP contribution >= 0.6 is 15.9 Å². The Labute approximate surface area is 96.3 Å². The van der Waals surface area contributed by atoms with E-state index in [1.165, 1.54) is 0 Å². The molecule has 0 bridgehead atoms. The SMILES string of the molecule is COCCCOc1nc(NN)ncc1Br. The number of methoxy groups -OCH3 is 1. The monoisotopic (exact) mass is 276 g/mol. The van der Waals surface area contributed by atoms with Crippen LogP contribution in [0.5, 0.6) is 5.88 Å². The number of anilines is 1. The minimum absolute atomic E-state index is 0.319. The maximum absolute atomic E-state index is 5.41. The standard InChI is InChI=1S/C8H13BrN4O2/c1-14-3-2-4-15-7-6(9)5-11-8(12-7)13-10/h5H,2-4,10H2,1H3,(H,11,12,13). The predicted molar refractivity (Wildman–Crippen MR) is 59.5 cm³/mol. The molecule has 0 aromatic carbocycles. The van der Waals surface area contributed by atoms with Gasteiger partial charge in [0.2, 0.25) is 11.8 Å². The first kappa shape index (κ1) is 12.2. The van der Waals surface area contributed by atoms with Gasteiger partial charge in [0.1, 0.15) is 0 Å². The van der Waals surface area contributed by atoms with E-state index in [0.717, 1.165) is 6.42 Å². The van der Waals surface area contributed by atoms with Crippen LogP contribution in [-0.4, -0.2) is 30.3 Å². The van der Waals surface area contributed by atoms with Gasteiger partial charge in [-0.25, -0.2) is 10.8 Å². The molecule has 15 heavy (non-hydrogen) atoms. The van der Waals surface area contributed by atoms with Crippen LogP contribution in [-0.2, 0) is 4.74 Å². The van der Waals surface area contributed by atoms with Crippen molar-refractivity contribution in [1.82, 2.24) is 9.97 Å². The molecule has 3 N–H and O–H groups in total. The Morgan fingerprint density at radius 3 is 3.00 bits per heavy atom. The van der Waals surface area contributed by atoms with Crippen molar-refractivity contribution in [2.75, 3.05) is 25.7 Å². The smallest absolute Gasteiger partial charge is 0.240 e. The summed E-state index contributed by atoms with van der Waals surface area (Å²) in [6, 6.07) is 0. The maximum atomic E-state index is 5.41. The van der Waals surface area contributed by atoms with Crippen molar-refractivity contribution in [2.45, 2.75) is 6.42 Å². The molecule has 0 aliphatic carbocycles. The minimum Gasteiger partial charge on any atom is -0.477 e. The number of hydrogen-bond acceptors (Lipinski definition) is 6. The van der Waals surface area contributed by atoms with Crippen LogP contribution in [0.15, 0.2) is 10.7 Å². The van der Waals surface area contributed by atoms with Crippen molar-refractivity contribution in [1.29, 1.82) is 0 Å². The zero-order chi connectivity index (χ0) is 11.1. The number of halogens is 1. The van der Waals surface area contributed by atoms with Gasteiger partial charge >= 0.3 is 0 Å². The quantitative estimate of drug-likeness (QED) is 0.457. The summed E-state index contributed by atoms with van der Waals surface area (Å²) < 4.78 is 11.0. The lowest BCUT2D eigenvalue weighted by Crippen LogP contribution is -2.11. The van der Waals surface area contributed by atoms with Crippen molar-refractivity contribution in [3.63, 3.8) is 0 Å². The van der Waals surface area contributed by atoms with Gasteiger partial charge in [0.05, 0.1) is 17.3 Å². The molecule has 0 amide bonds. The minimum atomic E-state index is 0.319. The fourth-order valence-electron chi connectivity index (χ4n) is 0.894. The van der Waals surface area contributed by atoms with Crippen LogP contribution in [0.4, 0.5) is 5.95 Å². The van der Waals surface area contributed by atoms with E-state index in [1.807, 2.05) is 0 Å². The fraction of sp³-hybridized carbons (Fsp3) is 0.500. The molecule has 0 aliphatic heterocycles. The van der Waals surface area contributed by atoms with Crippen LogP contribution in [0.1, 0.15) is 6.42 Å². The van der Waals surface area contributed by atoms with E-state index in [1.54, 1.807) is 13.3 Å². The molecule has 0 atom stereocenters. The van der Waals surface area contributed by atoms with Crippen LogP contribution in [0.25, 0.3) is 0 Å². The van der Waals surface area contributed by atoms with Gasteiger partial charge in [0, 0.05) is 20.1 Å². The molecule has 0 unspecified atom stereocenters. The molecule has 1 rings (SSSR count). The summed E-state index contributed by atoms with van der Waals surface area (Å²) in [6.45, 7) is 1.19. The third kappa shape index (κ3) is 3.98. The molecule has 84 valence electrons. The Kier molecular flexibility index (Phi) is 5.30. The number of nitrogens with one attached hydrogen (secondary N) is 1. The summed E-state index contributed by atoms with van der Waals surface area (Å²) in [4.78, 5) is 7.93. The number of rotatable bonds is 6. The second-order valence-electron chi connectivity index (χ2n) is 2.69. The lowest BCUT2D eigenvalue weighted by atomic mass is 10.5. The summed E-state index contributed by atoms with van der Waals surface area (Å²) in [5.74, 6) is 5.97. The molecule has 0 saturated carbocycles. The number of nitrogens with two attached hydrogens (primary N) is 1. The number of ether oxygens (including phenoxy) is 2. The molecule has 0 radical (unpaired) electrons. The summed E-state index contributed by atoms with van der Waals surface area (Å²) in [5, 5.41) is 0. The molecule has 0 saturated heterocycles. The second-order valence-corrected chi connectivity index (χ2v) is 3.54. The van der Waals surface area contributed by atoms with Crippen LogP contribution in [0.2, 0.25) is 0 Å². The van der Waals surface area contributed by atoms with E-state index in [0.29, 0.717) is 29.5 Å². The first-order valence-corrected chi connectivity index (χ1v) is 5.18. The number of hydrogen-bond donors (Lipinski definition) is 2. The van der Waals surface area contributed by atoms with Crippen LogP contribution in [0.3, 0.4) is 0 Å². The van der Waals surface area contributed by atoms with Crippen molar-refractivity contribution in [3.8, 4) is 5.88 Å². The topological polar surface area (TPSA) is 82.3 Å². The van der Waals surface area contributed by atoms with Gasteiger partial charge in [0.25, 0.3) is 0 Å². The molecular weight excluding hydrogens is 264 g/mol. The van der Waals surface area contributed by atoms with E-state index in [4.69, 9.17) is 15.3 Å². The fourth-order valence-corrected chi connectivity index (χ4v) is 1.20. The highest BCUT2D eigenvalue weighted by atomic mass is 79.9. The first-order chi connectivity index (χ1) is 7.27. The van der Waals surface area contributed by atoms with E-state index >= 15 is 0 Å². The molecule has 7 heteroatoms. The lowest BCUT2D eigenvalue weighted by molar-refractivity contribution is 0.170. The summed E-state index contributed by atoms with van der Waals surface area (Å²) >= 11 is 3.28. The Morgan fingerprint density at radius 2 is 2.33 bits per heavy atom. The van der Waals surface area contributed by atoms with Crippen LogP contribution in [0, 0.1) is 0 Å². The van der Waals surface area contributed by atoms with Crippen molar-refractivity contribution in [2.24, 2.45) is 5.84 Å². The molecule has 1 heterocycles. The highest BCUT2D eigenvalue weighted by Crippen LogP contribution is 2.22. The number of nitrogens with zero attached hydrogens (tertiary/aromatic N) is 2. The third-order valence-corrected chi connectivity index (χ3v) is 2.12. The number of hydrazine groups is 1. The highest BCUT2D eigenvalue weighted by molar-refractivity contribution is 9.10. The van der Waals surface area contributed by atoms with Gasteiger partial charge in [-0.3, -0.25) is 5.43 Å². The number of aromatic nitrogens is 2. The van der Waals surface area contributed by atoms with Gasteiger partial charge in [-0.05, 0) is 15.9 Å². The van der Waals surface area contributed by atoms with Crippen molar-refractivity contribution in [3.05, 3.63) is 10.7 Å². The molecule has 1 aromatic heterocycles. The Balaban J connectivity index is 2.51. The Bertz CT molecular complexity index is 311. The van der Waals surface area contributed by atoms with Gasteiger partial charge in [-0.2, -0.15) is 4.98 Å². The van der Waals surface area contributed by atoms with E-state index in [9.17, 15) is 0 Å². The summed E-state index contributed by atoms with van der Waals surface area (Å²) in [5.41, 5.74) is 2.35. The average Bonchev–Trinajstić information content (AvgIpc) is 2.26. The highest BCUT2D eigenvalue weighted by Gasteiger charge is 2.04. The first-order valence-electron chi connectivity index (χ1n) is 4.39. The van der Waals surface area contributed by atoms with E-state index < -0.39 is 0 Å². The maximum Gasteiger partial charge on any atom is 0.240 e. The van der Waals surface area contributed by atoms with Gasteiger partial charge < -0.3 is 9.47 Å². The van der Waals surface area contributed by atoms with Crippen molar-refractivity contribution < 1.29 is 9.47 Å². The zero-order valence-electron chi connectivity index (χ0n) is 8.36. The molecule has 0 spiro atoms. The molecule has 0 fully saturated rings. The van der Waals surface area contributed by atoms with Crippen LogP contribution < -0.4 is 16.0 Å². The Morgan fingerprint density at radius 1 is 1.53 bits per heavy atom. The third-order valence-electron chi connectivity index (χ3n) is 1.57. The average molecular weight is 277 g/mol. The molecule has 0 aliphatic rings. The normalized spacial score (nSPS) is 10.1. The molecular formula is C8H13BrN4O2.